The van der Waals surface area contributed by atoms with Gasteiger partial charge in [-0.1, -0.05) is 30.3 Å². The lowest BCUT2D eigenvalue weighted by atomic mass is 10.1. The predicted octanol–water partition coefficient (Wildman–Crippen LogP) is 2.83. The van der Waals surface area contributed by atoms with Crippen LogP contribution in [0.5, 0.6) is 0 Å². The third kappa shape index (κ3) is 2.13. The van der Waals surface area contributed by atoms with Crippen LogP contribution < -0.4 is 5.43 Å². The van der Waals surface area contributed by atoms with Gasteiger partial charge in [0, 0.05) is 17.1 Å². The van der Waals surface area contributed by atoms with Crippen LogP contribution in [-0.2, 0) is 11.2 Å². The Labute approximate surface area is 126 Å². The van der Waals surface area contributed by atoms with Crippen LogP contribution in [0.1, 0.15) is 5.56 Å². The fourth-order valence-corrected chi connectivity index (χ4v) is 2.67. The summed E-state index contributed by atoms with van der Waals surface area (Å²) in [5, 5.41) is 1.08. The standard InChI is InChI=1S/C17H14N4O/c22-17(9-12-10-18-14-6-2-1-5-13(12)14)20-21-11-19-15-7-3-4-8-16(15)21/h1-8,10-11,18H,9H2,(H,20,22). The number of amides is 1. The highest BCUT2D eigenvalue weighted by atomic mass is 16.2. The number of H-pyrrole nitrogens is 1. The summed E-state index contributed by atoms with van der Waals surface area (Å²) in [4.78, 5) is 19.7. The van der Waals surface area contributed by atoms with Gasteiger partial charge in [0.25, 0.3) is 0 Å². The van der Waals surface area contributed by atoms with Crippen molar-refractivity contribution in [2.24, 2.45) is 0 Å². The zero-order valence-electron chi connectivity index (χ0n) is 11.8. The largest absolute Gasteiger partial charge is 0.361 e. The first kappa shape index (κ1) is 12.6. The minimum atomic E-state index is -0.0760. The van der Waals surface area contributed by atoms with Crippen molar-refractivity contribution in [1.82, 2.24) is 14.6 Å². The van der Waals surface area contributed by atoms with E-state index in [0.717, 1.165) is 27.5 Å². The van der Waals surface area contributed by atoms with E-state index in [2.05, 4.69) is 15.4 Å². The molecule has 1 amide bonds. The topological polar surface area (TPSA) is 62.7 Å². The molecular formula is C17H14N4O. The first-order valence-electron chi connectivity index (χ1n) is 7.08. The summed E-state index contributed by atoms with van der Waals surface area (Å²) < 4.78 is 1.66. The molecule has 5 heteroatoms. The van der Waals surface area contributed by atoms with Crippen LogP contribution in [0.4, 0.5) is 0 Å². The quantitative estimate of drug-likeness (QED) is 0.609. The smallest absolute Gasteiger partial charge is 0.243 e. The van der Waals surface area contributed by atoms with Crippen molar-refractivity contribution in [1.29, 1.82) is 0 Å². The molecular weight excluding hydrogens is 276 g/mol. The molecule has 0 radical (unpaired) electrons. The van der Waals surface area contributed by atoms with E-state index < -0.39 is 0 Å². The Morgan fingerprint density at radius 3 is 2.91 bits per heavy atom. The SMILES string of the molecule is O=C(Cc1c[nH]c2ccccc12)Nn1cnc2ccccc21. The highest BCUT2D eigenvalue weighted by Crippen LogP contribution is 2.18. The van der Waals surface area contributed by atoms with Gasteiger partial charge in [-0.25, -0.2) is 9.66 Å². The van der Waals surface area contributed by atoms with Crippen LogP contribution in [0, 0.1) is 0 Å². The average molecular weight is 290 g/mol. The molecule has 0 saturated heterocycles. The molecule has 4 aromatic rings. The molecule has 4 rings (SSSR count). The van der Waals surface area contributed by atoms with Crippen LogP contribution in [0.3, 0.4) is 0 Å². The van der Waals surface area contributed by atoms with E-state index in [1.165, 1.54) is 0 Å². The average Bonchev–Trinajstić information content (AvgIpc) is 3.13. The number of para-hydroxylation sites is 3. The van der Waals surface area contributed by atoms with E-state index >= 15 is 0 Å². The number of carbonyl (C=O) groups is 1. The molecule has 2 aromatic carbocycles. The van der Waals surface area contributed by atoms with Gasteiger partial charge in [0.15, 0.2) is 0 Å². The van der Waals surface area contributed by atoms with Gasteiger partial charge >= 0.3 is 0 Å². The third-order valence-corrected chi connectivity index (χ3v) is 3.72. The fraction of sp³-hybridized carbons (Fsp3) is 0.0588. The predicted molar refractivity (Wildman–Crippen MR) is 86.1 cm³/mol. The van der Waals surface area contributed by atoms with Crippen molar-refractivity contribution >= 4 is 27.8 Å². The molecule has 2 aromatic heterocycles. The van der Waals surface area contributed by atoms with Crippen LogP contribution >= 0.6 is 0 Å². The van der Waals surface area contributed by atoms with E-state index in [9.17, 15) is 4.79 Å². The second-order valence-electron chi connectivity index (χ2n) is 5.17. The summed E-state index contributed by atoms with van der Waals surface area (Å²) in [5.74, 6) is -0.0760. The van der Waals surface area contributed by atoms with E-state index in [1.807, 2.05) is 54.7 Å². The normalized spacial score (nSPS) is 11.1. The van der Waals surface area contributed by atoms with Gasteiger partial charge in [0.1, 0.15) is 6.33 Å². The Bertz CT molecular complexity index is 889. The second kappa shape index (κ2) is 5.04. The number of hydrogen-bond donors (Lipinski definition) is 2. The Hall–Kier alpha value is -3.08. The lowest BCUT2D eigenvalue weighted by molar-refractivity contribution is -0.116. The minimum Gasteiger partial charge on any atom is -0.361 e. The summed E-state index contributed by atoms with van der Waals surface area (Å²) in [6.07, 6.45) is 3.82. The number of rotatable bonds is 3. The molecule has 0 aliphatic heterocycles. The maximum atomic E-state index is 12.3. The highest BCUT2D eigenvalue weighted by molar-refractivity contribution is 5.92. The number of carbonyl (C=O) groups excluding carboxylic acids is 1. The summed E-state index contributed by atoms with van der Waals surface area (Å²) >= 11 is 0. The van der Waals surface area contributed by atoms with E-state index in [1.54, 1.807) is 11.0 Å². The Balaban J connectivity index is 1.58. The minimum absolute atomic E-state index is 0.0760. The summed E-state index contributed by atoms with van der Waals surface area (Å²) in [6.45, 7) is 0. The van der Waals surface area contributed by atoms with Crippen molar-refractivity contribution < 1.29 is 4.79 Å². The summed E-state index contributed by atoms with van der Waals surface area (Å²) in [5.41, 5.74) is 6.63. The molecule has 0 atom stereocenters. The number of fused-ring (bicyclic) bond motifs is 2. The van der Waals surface area contributed by atoms with Crippen molar-refractivity contribution in [2.75, 3.05) is 5.43 Å². The van der Waals surface area contributed by atoms with Crippen LogP contribution in [0.15, 0.2) is 61.1 Å². The molecule has 0 aliphatic carbocycles. The van der Waals surface area contributed by atoms with E-state index in [-0.39, 0.29) is 5.91 Å². The molecule has 0 spiro atoms. The van der Waals surface area contributed by atoms with Gasteiger partial charge in [-0.3, -0.25) is 10.2 Å². The van der Waals surface area contributed by atoms with Gasteiger partial charge in [-0.15, -0.1) is 0 Å². The third-order valence-electron chi connectivity index (χ3n) is 3.72. The van der Waals surface area contributed by atoms with Gasteiger partial charge in [-0.2, -0.15) is 0 Å². The molecule has 0 fully saturated rings. The zero-order valence-corrected chi connectivity index (χ0v) is 11.8. The summed E-state index contributed by atoms with van der Waals surface area (Å²) in [7, 11) is 0. The van der Waals surface area contributed by atoms with Crippen molar-refractivity contribution in [3.63, 3.8) is 0 Å². The molecule has 5 nitrogen and oxygen atoms in total. The molecule has 0 unspecified atom stereocenters. The van der Waals surface area contributed by atoms with Crippen molar-refractivity contribution in [3.8, 4) is 0 Å². The second-order valence-corrected chi connectivity index (χ2v) is 5.17. The number of benzene rings is 2. The summed E-state index contributed by atoms with van der Waals surface area (Å²) in [6, 6.07) is 15.6. The number of imidazole rings is 1. The molecule has 0 bridgehead atoms. The maximum absolute atomic E-state index is 12.3. The molecule has 0 saturated carbocycles. The van der Waals surface area contributed by atoms with Gasteiger partial charge in [-0.05, 0) is 23.8 Å². The van der Waals surface area contributed by atoms with E-state index in [4.69, 9.17) is 0 Å². The van der Waals surface area contributed by atoms with Crippen LogP contribution in [-0.4, -0.2) is 20.6 Å². The monoisotopic (exact) mass is 290 g/mol. The molecule has 2 N–H and O–H groups in total. The van der Waals surface area contributed by atoms with E-state index in [0.29, 0.717) is 6.42 Å². The number of nitrogens with one attached hydrogen (secondary N) is 2. The van der Waals surface area contributed by atoms with Crippen molar-refractivity contribution in [3.05, 3.63) is 66.6 Å². The molecule has 0 aliphatic rings. The fourth-order valence-electron chi connectivity index (χ4n) is 2.67. The lowest BCUT2D eigenvalue weighted by Crippen LogP contribution is -2.23. The molecule has 2 heterocycles. The van der Waals surface area contributed by atoms with Crippen LogP contribution in [0.2, 0.25) is 0 Å². The number of hydrogen-bond acceptors (Lipinski definition) is 2. The molecule has 22 heavy (non-hydrogen) atoms. The lowest BCUT2D eigenvalue weighted by Gasteiger charge is -2.06. The zero-order chi connectivity index (χ0) is 14.9. The first-order valence-corrected chi connectivity index (χ1v) is 7.08. The number of aromatic nitrogens is 3. The van der Waals surface area contributed by atoms with Crippen molar-refractivity contribution in [2.45, 2.75) is 6.42 Å². The number of nitrogens with zero attached hydrogens (tertiary/aromatic N) is 2. The maximum Gasteiger partial charge on any atom is 0.243 e. The first-order chi connectivity index (χ1) is 10.8. The molecule has 108 valence electrons. The van der Waals surface area contributed by atoms with Gasteiger partial charge < -0.3 is 4.98 Å². The van der Waals surface area contributed by atoms with Crippen LogP contribution in [0.25, 0.3) is 21.9 Å². The highest BCUT2D eigenvalue weighted by Gasteiger charge is 2.10. The van der Waals surface area contributed by atoms with Gasteiger partial charge in [0.2, 0.25) is 5.91 Å². The Morgan fingerprint density at radius 1 is 1.14 bits per heavy atom. The van der Waals surface area contributed by atoms with Gasteiger partial charge in [0.05, 0.1) is 17.5 Å². The Kier molecular flexibility index (Phi) is 2.89. The Morgan fingerprint density at radius 2 is 1.95 bits per heavy atom. The number of aromatic amines is 1.